The monoisotopic (exact) mass is 244 g/mol. The lowest BCUT2D eigenvalue weighted by molar-refractivity contribution is -0.141. The number of halogens is 1. The van der Waals surface area contributed by atoms with E-state index in [9.17, 15) is 4.79 Å². The maximum Gasteiger partial charge on any atom is 0.228 e. The fourth-order valence-corrected chi connectivity index (χ4v) is 2.00. The Labute approximate surface area is 103 Å². The van der Waals surface area contributed by atoms with Crippen molar-refractivity contribution in [3.63, 3.8) is 0 Å². The Balaban J connectivity index is 2.43. The maximum absolute atomic E-state index is 12.0. The number of carbonyl (C=O) groups excluding carboxylic acids is 1. The number of nitrogens with zero attached hydrogens (tertiary/aromatic N) is 2. The van der Waals surface area contributed by atoms with Crippen LogP contribution in [-0.4, -0.2) is 48.4 Å². The topological polar surface area (TPSA) is 23.6 Å². The molecule has 1 fully saturated rings. The molecule has 0 aliphatic carbocycles. The van der Waals surface area contributed by atoms with Gasteiger partial charge >= 0.3 is 0 Å². The third kappa shape index (κ3) is 3.80. The van der Waals surface area contributed by atoms with E-state index in [1.807, 2.05) is 25.7 Å². The largest absolute Gasteiger partial charge is 0.340 e. The van der Waals surface area contributed by atoms with Gasteiger partial charge in [0.25, 0.3) is 0 Å². The molecule has 0 spiro atoms. The van der Waals surface area contributed by atoms with E-state index in [1.54, 1.807) is 0 Å². The van der Waals surface area contributed by atoms with Crippen LogP contribution in [0.5, 0.6) is 0 Å². The van der Waals surface area contributed by atoms with Crippen molar-refractivity contribution >= 4 is 17.5 Å². The number of rotatable bonds is 2. The van der Waals surface area contributed by atoms with Crippen molar-refractivity contribution in [3.05, 3.63) is 11.6 Å². The summed E-state index contributed by atoms with van der Waals surface area (Å²) >= 11 is 5.77. The van der Waals surface area contributed by atoms with Crippen LogP contribution in [0.15, 0.2) is 11.6 Å². The van der Waals surface area contributed by atoms with E-state index in [4.69, 9.17) is 11.6 Å². The highest BCUT2D eigenvalue weighted by atomic mass is 35.5. The van der Waals surface area contributed by atoms with Gasteiger partial charge in [0.05, 0.1) is 0 Å². The molecule has 0 unspecified atom stereocenters. The fraction of sp³-hybridized carbons (Fsp3) is 0.750. The summed E-state index contributed by atoms with van der Waals surface area (Å²) in [6, 6.07) is 0. The summed E-state index contributed by atoms with van der Waals surface area (Å²) in [5.41, 5.74) is -0.280. The Morgan fingerprint density at radius 1 is 1.25 bits per heavy atom. The highest BCUT2D eigenvalue weighted by Gasteiger charge is 2.29. The van der Waals surface area contributed by atoms with Crippen molar-refractivity contribution in [3.8, 4) is 0 Å². The molecule has 0 atom stereocenters. The molecule has 0 aromatic rings. The standard InChI is InChI=1S/C12H21ClN2O/c1-10(13)9-14-5-7-15(8-6-14)11(16)12(2,3)4/h1,5-9H2,2-4H3. The average molecular weight is 245 g/mol. The van der Waals surface area contributed by atoms with Gasteiger partial charge in [0.1, 0.15) is 0 Å². The Bertz CT molecular complexity index is 275. The molecule has 92 valence electrons. The zero-order chi connectivity index (χ0) is 12.3. The van der Waals surface area contributed by atoms with E-state index < -0.39 is 0 Å². The van der Waals surface area contributed by atoms with Crippen LogP contribution in [0.25, 0.3) is 0 Å². The quantitative estimate of drug-likeness (QED) is 0.741. The summed E-state index contributed by atoms with van der Waals surface area (Å²) in [6.07, 6.45) is 0. The number of carbonyl (C=O) groups is 1. The van der Waals surface area contributed by atoms with Crippen molar-refractivity contribution in [2.24, 2.45) is 5.41 Å². The van der Waals surface area contributed by atoms with Gasteiger partial charge in [-0.3, -0.25) is 9.69 Å². The van der Waals surface area contributed by atoms with Crippen molar-refractivity contribution < 1.29 is 4.79 Å². The minimum Gasteiger partial charge on any atom is -0.340 e. The van der Waals surface area contributed by atoms with Crippen LogP contribution in [0.4, 0.5) is 0 Å². The van der Waals surface area contributed by atoms with E-state index >= 15 is 0 Å². The third-order valence-electron chi connectivity index (χ3n) is 2.70. The summed E-state index contributed by atoms with van der Waals surface area (Å²) in [6.45, 7) is 13.6. The molecule has 1 aliphatic rings. The van der Waals surface area contributed by atoms with Crippen molar-refractivity contribution in [2.45, 2.75) is 20.8 Å². The first-order valence-corrected chi connectivity index (χ1v) is 6.03. The first-order chi connectivity index (χ1) is 7.30. The first-order valence-electron chi connectivity index (χ1n) is 5.65. The Morgan fingerprint density at radius 2 is 1.75 bits per heavy atom. The van der Waals surface area contributed by atoms with E-state index in [-0.39, 0.29) is 11.3 Å². The van der Waals surface area contributed by atoms with Gasteiger partial charge in [-0.05, 0) is 0 Å². The van der Waals surface area contributed by atoms with E-state index in [1.165, 1.54) is 0 Å². The summed E-state index contributed by atoms with van der Waals surface area (Å²) in [5, 5.41) is 0.663. The molecular weight excluding hydrogens is 224 g/mol. The molecular formula is C12H21ClN2O. The van der Waals surface area contributed by atoms with Gasteiger partial charge in [0, 0.05) is 43.2 Å². The van der Waals surface area contributed by atoms with Crippen molar-refractivity contribution in [1.82, 2.24) is 9.80 Å². The van der Waals surface area contributed by atoms with Crippen molar-refractivity contribution in [2.75, 3.05) is 32.7 Å². The fourth-order valence-electron chi connectivity index (χ4n) is 1.83. The predicted octanol–water partition coefficient (Wildman–Crippen LogP) is 1.93. The maximum atomic E-state index is 12.0. The normalized spacial score (nSPS) is 18.6. The molecule has 1 heterocycles. The lowest BCUT2D eigenvalue weighted by Crippen LogP contribution is -2.51. The van der Waals surface area contributed by atoms with Gasteiger partial charge in [-0.1, -0.05) is 39.0 Å². The Kier molecular flexibility index (Phi) is 4.39. The third-order valence-corrected chi connectivity index (χ3v) is 2.82. The molecule has 1 aliphatic heterocycles. The molecule has 0 N–H and O–H groups in total. The van der Waals surface area contributed by atoms with Crippen LogP contribution >= 0.6 is 11.6 Å². The Hall–Kier alpha value is -0.540. The van der Waals surface area contributed by atoms with E-state index in [0.29, 0.717) is 5.03 Å². The Morgan fingerprint density at radius 3 is 2.12 bits per heavy atom. The second kappa shape index (κ2) is 5.19. The van der Waals surface area contributed by atoms with Gasteiger partial charge in [0.15, 0.2) is 0 Å². The number of amides is 1. The second-order valence-electron chi connectivity index (χ2n) is 5.34. The van der Waals surface area contributed by atoms with Crippen LogP contribution in [0.3, 0.4) is 0 Å². The average Bonchev–Trinajstić information content (AvgIpc) is 2.15. The van der Waals surface area contributed by atoms with Crippen LogP contribution < -0.4 is 0 Å². The van der Waals surface area contributed by atoms with Crippen molar-refractivity contribution in [1.29, 1.82) is 0 Å². The molecule has 0 aromatic carbocycles. The van der Waals surface area contributed by atoms with Crippen LogP contribution in [-0.2, 0) is 4.79 Å². The zero-order valence-corrected chi connectivity index (χ0v) is 11.2. The number of hydrogen-bond acceptors (Lipinski definition) is 2. The summed E-state index contributed by atoms with van der Waals surface area (Å²) in [5.74, 6) is 0.233. The van der Waals surface area contributed by atoms with Gasteiger partial charge in [-0.2, -0.15) is 0 Å². The van der Waals surface area contributed by atoms with E-state index in [2.05, 4.69) is 11.5 Å². The number of hydrogen-bond donors (Lipinski definition) is 0. The van der Waals surface area contributed by atoms with Gasteiger partial charge in [-0.15, -0.1) is 0 Å². The van der Waals surface area contributed by atoms with Crippen LogP contribution in [0.2, 0.25) is 0 Å². The molecule has 0 aromatic heterocycles. The minimum atomic E-state index is -0.280. The van der Waals surface area contributed by atoms with Crippen LogP contribution in [0, 0.1) is 5.41 Å². The van der Waals surface area contributed by atoms with Crippen LogP contribution in [0.1, 0.15) is 20.8 Å². The molecule has 0 bridgehead atoms. The minimum absolute atomic E-state index is 0.233. The molecule has 0 radical (unpaired) electrons. The predicted molar refractivity (Wildman–Crippen MR) is 67.5 cm³/mol. The SMILES string of the molecule is C=C(Cl)CN1CCN(C(=O)C(C)(C)C)CC1. The molecule has 1 rings (SSSR count). The molecule has 3 nitrogen and oxygen atoms in total. The smallest absolute Gasteiger partial charge is 0.228 e. The lowest BCUT2D eigenvalue weighted by Gasteiger charge is -2.37. The highest BCUT2D eigenvalue weighted by Crippen LogP contribution is 2.18. The zero-order valence-electron chi connectivity index (χ0n) is 10.4. The molecule has 1 amide bonds. The summed E-state index contributed by atoms with van der Waals surface area (Å²) < 4.78 is 0. The van der Waals surface area contributed by atoms with Gasteiger partial charge in [0.2, 0.25) is 5.91 Å². The molecule has 0 saturated carbocycles. The first kappa shape index (κ1) is 13.5. The molecule has 1 saturated heterocycles. The summed E-state index contributed by atoms with van der Waals surface area (Å²) in [7, 11) is 0. The number of piperazine rings is 1. The molecule has 4 heteroatoms. The van der Waals surface area contributed by atoms with Gasteiger partial charge in [-0.25, -0.2) is 0 Å². The van der Waals surface area contributed by atoms with E-state index in [0.717, 1.165) is 32.7 Å². The second-order valence-corrected chi connectivity index (χ2v) is 5.87. The summed E-state index contributed by atoms with van der Waals surface area (Å²) in [4.78, 5) is 16.2. The lowest BCUT2D eigenvalue weighted by atomic mass is 9.94. The van der Waals surface area contributed by atoms with Gasteiger partial charge < -0.3 is 4.90 Å². The molecule has 16 heavy (non-hydrogen) atoms. The highest BCUT2D eigenvalue weighted by molar-refractivity contribution is 6.29.